The molecule has 1 heterocycles. The summed E-state index contributed by atoms with van der Waals surface area (Å²) >= 11 is 0. The molecule has 1 aromatic rings. The van der Waals surface area contributed by atoms with Gasteiger partial charge in [0.25, 0.3) is 0 Å². The van der Waals surface area contributed by atoms with E-state index in [9.17, 15) is 4.39 Å². The standard InChI is InChI=1S/C8H11FN2/c1-6(2)3-8-10-4-7(9)5-11-8/h4-6H,3H2,1-2H3. The number of halogens is 1. The molecule has 0 bridgehead atoms. The lowest BCUT2D eigenvalue weighted by molar-refractivity contribution is 0.586. The van der Waals surface area contributed by atoms with E-state index in [2.05, 4.69) is 23.8 Å². The van der Waals surface area contributed by atoms with Crippen molar-refractivity contribution in [2.24, 2.45) is 5.92 Å². The van der Waals surface area contributed by atoms with E-state index < -0.39 is 0 Å². The molecule has 60 valence electrons. The second-order valence-corrected chi connectivity index (χ2v) is 2.92. The van der Waals surface area contributed by atoms with Gasteiger partial charge in [0.1, 0.15) is 5.82 Å². The van der Waals surface area contributed by atoms with Crippen LogP contribution in [0.1, 0.15) is 19.7 Å². The van der Waals surface area contributed by atoms with Crippen molar-refractivity contribution in [3.05, 3.63) is 24.0 Å². The number of aromatic nitrogens is 2. The second kappa shape index (κ2) is 3.42. The number of hydrogen-bond acceptors (Lipinski definition) is 2. The van der Waals surface area contributed by atoms with Crippen molar-refractivity contribution in [3.8, 4) is 0 Å². The Kier molecular flexibility index (Phi) is 2.52. The molecule has 0 saturated carbocycles. The minimum absolute atomic E-state index is 0.377. The van der Waals surface area contributed by atoms with Gasteiger partial charge in [-0.25, -0.2) is 14.4 Å². The van der Waals surface area contributed by atoms with Crippen molar-refractivity contribution in [1.29, 1.82) is 0 Å². The fraction of sp³-hybridized carbons (Fsp3) is 0.500. The van der Waals surface area contributed by atoms with Crippen LogP contribution in [0.5, 0.6) is 0 Å². The van der Waals surface area contributed by atoms with Gasteiger partial charge in [0.2, 0.25) is 0 Å². The average molecular weight is 154 g/mol. The van der Waals surface area contributed by atoms with Crippen LogP contribution in [-0.2, 0) is 6.42 Å². The van der Waals surface area contributed by atoms with Gasteiger partial charge in [-0.2, -0.15) is 0 Å². The Morgan fingerprint density at radius 3 is 2.36 bits per heavy atom. The van der Waals surface area contributed by atoms with Crippen LogP contribution in [0.4, 0.5) is 4.39 Å². The Hall–Kier alpha value is -0.990. The molecule has 0 atom stereocenters. The Labute approximate surface area is 65.5 Å². The van der Waals surface area contributed by atoms with Crippen LogP contribution in [0.2, 0.25) is 0 Å². The minimum atomic E-state index is -0.377. The maximum atomic E-state index is 12.3. The lowest BCUT2D eigenvalue weighted by atomic mass is 10.1. The molecule has 0 aromatic carbocycles. The molecule has 3 heteroatoms. The quantitative estimate of drug-likeness (QED) is 0.649. The number of hydrogen-bond donors (Lipinski definition) is 0. The summed E-state index contributed by atoms with van der Waals surface area (Å²) in [6.07, 6.45) is 3.20. The van der Waals surface area contributed by atoms with Crippen molar-refractivity contribution in [2.75, 3.05) is 0 Å². The van der Waals surface area contributed by atoms with E-state index in [-0.39, 0.29) is 5.82 Å². The highest BCUT2D eigenvalue weighted by Crippen LogP contribution is 2.01. The van der Waals surface area contributed by atoms with Gasteiger partial charge in [0.15, 0.2) is 5.82 Å². The summed E-state index contributed by atoms with van der Waals surface area (Å²) in [5, 5.41) is 0. The normalized spacial score (nSPS) is 10.5. The first-order valence-corrected chi connectivity index (χ1v) is 3.65. The molecule has 11 heavy (non-hydrogen) atoms. The van der Waals surface area contributed by atoms with Crippen LogP contribution in [-0.4, -0.2) is 9.97 Å². The zero-order valence-corrected chi connectivity index (χ0v) is 6.71. The zero-order valence-electron chi connectivity index (χ0n) is 6.71. The van der Waals surface area contributed by atoms with Crippen molar-refractivity contribution in [1.82, 2.24) is 9.97 Å². The van der Waals surface area contributed by atoms with Crippen LogP contribution in [0.3, 0.4) is 0 Å². The van der Waals surface area contributed by atoms with E-state index in [1.54, 1.807) is 0 Å². The Morgan fingerprint density at radius 2 is 1.91 bits per heavy atom. The molecule has 0 unspecified atom stereocenters. The molecule has 0 saturated heterocycles. The molecule has 2 nitrogen and oxygen atoms in total. The molecule has 0 spiro atoms. The molecule has 0 N–H and O–H groups in total. The predicted octanol–water partition coefficient (Wildman–Crippen LogP) is 1.81. The summed E-state index contributed by atoms with van der Waals surface area (Å²) in [5.41, 5.74) is 0. The lowest BCUT2D eigenvalue weighted by Gasteiger charge is -2.01. The van der Waals surface area contributed by atoms with Crippen LogP contribution < -0.4 is 0 Å². The first-order chi connectivity index (χ1) is 5.18. The highest BCUT2D eigenvalue weighted by molar-refractivity contribution is 4.91. The van der Waals surface area contributed by atoms with E-state index in [1.807, 2.05) is 0 Å². The van der Waals surface area contributed by atoms with Crippen LogP contribution >= 0.6 is 0 Å². The topological polar surface area (TPSA) is 25.8 Å². The van der Waals surface area contributed by atoms with Gasteiger partial charge in [-0.3, -0.25) is 0 Å². The molecule has 0 aliphatic carbocycles. The van der Waals surface area contributed by atoms with Crippen LogP contribution in [0.15, 0.2) is 12.4 Å². The van der Waals surface area contributed by atoms with Crippen molar-refractivity contribution >= 4 is 0 Å². The molecule has 1 rings (SSSR count). The zero-order chi connectivity index (χ0) is 8.27. The van der Waals surface area contributed by atoms with Gasteiger partial charge in [-0.05, 0) is 5.92 Å². The van der Waals surface area contributed by atoms with Gasteiger partial charge < -0.3 is 0 Å². The first-order valence-electron chi connectivity index (χ1n) is 3.65. The average Bonchev–Trinajstić information content (AvgIpc) is 1.93. The molecular weight excluding hydrogens is 143 g/mol. The Bertz CT molecular complexity index is 218. The number of rotatable bonds is 2. The van der Waals surface area contributed by atoms with E-state index in [4.69, 9.17) is 0 Å². The summed E-state index contributed by atoms with van der Waals surface area (Å²) in [7, 11) is 0. The van der Waals surface area contributed by atoms with E-state index in [0.29, 0.717) is 11.7 Å². The second-order valence-electron chi connectivity index (χ2n) is 2.92. The predicted molar refractivity (Wildman–Crippen MR) is 40.5 cm³/mol. The van der Waals surface area contributed by atoms with Crippen LogP contribution in [0.25, 0.3) is 0 Å². The lowest BCUT2D eigenvalue weighted by Crippen LogP contribution is -2.00. The van der Waals surface area contributed by atoms with Crippen molar-refractivity contribution in [2.45, 2.75) is 20.3 Å². The first kappa shape index (κ1) is 8.11. The molecule has 1 aromatic heterocycles. The van der Waals surface area contributed by atoms with Gasteiger partial charge in [-0.15, -0.1) is 0 Å². The molecular formula is C8H11FN2. The fourth-order valence-corrected chi connectivity index (χ4v) is 0.810. The monoisotopic (exact) mass is 154 g/mol. The van der Waals surface area contributed by atoms with Gasteiger partial charge >= 0.3 is 0 Å². The van der Waals surface area contributed by atoms with Crippen molar-refractivity contribution < 1.29 is 4.39 Å². The third-order valence-electron chi connectivity index (χ3n) is 1.26. The number of nitrogens with zero attached hydrogens (tertiary/aromatic N) is 2. The summed E-state index contributed by atoms with van der Waals surface area (Å²) in [4.78, 5) is 7.66. The third kappa shape index (κ3) is 2.62. The van der Waals surface area contributed by atoms with Gasteiger partial charge in [0.05, 0.1) is 12.4 Å². The molecule has 0 amide bonds. The summed E-state index contributed by atoms with van der Waals surface area (Å²) in [5.74, 6) is 0.847. The van der Waals surface area contributed by atoms with Crippen LogP contribution in [0, 0.1) is 11.7 Å². The largest absolute Gasteiger partial charge is 0.238 e. The SMILES string of the molecule is CC(C)Cc1ncc(F)cn1. The summed E-state index contributed by atoms with van der Waals surface area (Å²) < 4.78 is 12.3. The van der Waals surface area contributed by atoms with E-state index in [0.717, 1.165) is 6.42 Å². The Morgan fingerprint density at radius 1 is 1.36 bits per heavy atom. The minimum Gasteiger partial charge on any atom is -0.238 e. The molecule has 0 radical (unpaired) electrons. The smallest absolute Gasteiger partial charge is 0.159 e. The highest BCUT2D eigenvalue weighted by atomic mass is 19.1. The fourth-order valence-electron chi connectivity index (χ4n) is 0.810. The van der Waals surface area contributed by atoms with Gasteiger partial charge in [-0.1, -0.05) is 13.8 Å². The highest BCUT2D eigenvalue weighted by Gasteiger charge is 1.99. The van der Waals surface area contributed by atoms with E-state index in [1.165, 1.54) is 12.4 Å². The Balaban J connectivity index is 2.66. The maximum absolute atomic E-state index is 12.3. The maximum Gasteiger partial charge on any atom is 0.159 e. The molecule has 0 aliphatic heterocycles. The summed E-state index contributed by atoms with van der Waals surface area (Å²) in [6, 6.07) is 0. The summed E-state index contributed by atoms with van der Waals surface area (Å²) in [6.45, 7) is 4.15. The molecule has 0 aliphatic rings. The van der Waals surface area contributed by atoms with E-state index >= 15 is 0 Å². The molecule has 0 fully saturated rings. The third-order valence-corrected chi connectivity index (χ3v) is 1.26. The van der Waals surface area contributed by atoms with Crippen molar-refractivity contribution in [3.63, 3.8) is 0 Å². The van der Waals surface area contributed by atoms with Gasteiger partial charge in [0, 0.05) is 6.42 Å².